The van der Waals surface area contributed by atoms with Crippen LogP contribution in [0.4, 0.5) is 10.5 Å². The Balaban J connectivity index is 2.02. The van der Waals surface area contributed by atoms with Gasteiger partial charge in [-0.15, -0.1) is 0 Å². The number of anilines is 1. The van der Waals surface area contributed by atoms with Crippen molar-refractivity contribution in [3.8, 4) is 16.9 Å². The van der Waals surface area contributed by atoms with E-state index in [-0.39, 0.29) is 23.9 Å². The first-order valence-corrected chi connectivity index (χ1v) is 11.7. The number of aromatic nitrogens is 2. The van der Waals surface area contributed by atoms with E-state index in [1.807, 2.05) is 52.0 Å². The lowest BCUT2D eigenvalue weighted by Crippen LogP contribution is -2.46. The Kier molecular flexibility index (Phi) is 8.14. The van der Waals surface area contributed by atoms with Crippen LogP contribution in [-0.2, 0) is 11.8 Å². The first-order valence-electron chi connectivity index (χ1n) is 11.7. The van der Waals surface area contributed by atoms with Crippen LogP contribution >= 0.6 is 0 Å². The average molecular weight is 493 g/mol. The molecular weight excluding hydrogens is 460 g/mol. The van der Waals surface area contributed by atoms with Crippen LogP contribution in [0.15, 0.2) is 53.7 Å². The third-order valence-corrected chi connectivity index (χ3v) is 5.89. The van der Waals surface area contributed by atoms with Gasteiger partial charge in [0.1, 0.15) is 5.75 Å². The second-order valence-electron chi connectivity index (χ2n) is 9.34. The molecule has 0 unspecified atom stereocenters. The average Bonchev–Trinajstić information content (AvgIpc) is 2.80. The number of aryl methyl sites for hydroxylation is 3. The predicted molar refractivity (Wildman–Crippen MR) is 138 cm³/mol. The summed E-state index contributed by atoms with van der Waals surface area (Å²) in [6.07, 6.45) is 4.24. The van der Waals surface area contributed by atoms with E-state index in [4.69, 9.17) is 0 Å². The molecule has 3 N–H and O–H groups in total. The van der Waals surface area contributed by atoms with E-state index in [0.717, 1.165) is 22.3 Å². The Hall–Kier alpha value is -4.14. The topological polar surface area (TPSA) is 125 Å². The number of nitrogens with zero attached hydrogens (tertiary/aromatic N) is 3. The number of carboxylic acid groups (broad SMARTS) is 1. The maximum Gasteiger partial charge on any atom is 0.322 e. The van der Waals surface area contributed by atoms with Crippen LogP contribution in [-0.4, -0.2) is 38.3 Å². The van der Waals surface area contributed by atoms with Gasteiger partial charge in [-0.05, 0) is 54.2 Å². The maximum atomic E-state index is 13.5. The van der Waals surface area contributed by atoms with Crippen molar-refractivity contribution >= 4 is 17.7 Å². The minimum absolute atomic E-state index is 0.0352. The summed E-state index contributed by atoms with van der Waals surface area (Å²) in [4.78, 5) is 43.5. The van der Waals surface area contributed by atoms with Crippen molar-refractivity contribution in [3.63, 3.8) is 0 Å². The Morgan fingerprint density at radius 3 is 2.42 bits per heavy atom. The molecule has 0 bridgehead atoms. The molecule has 0 aliphatic carbocycles. The Morgan fingerprint density at radius 2 is 1.81 bits per heavy atom. The number of pyridine rings is 2. The zero-order chi connectivity index (χ0) is 26.6. The number of hydrogen-bond acceptors (Lipinski definition) is 5. The molecule has 1 aromatic carbocycles. The van der Waals surface area contributed by atoms with Gasteiger partial charge in [-0.3, -0.25) is 19.5 Å². The van der Waals surface area contributed by atoms with Crippen molar-refractivity contribution < 1.29 is 19.8 Å². The highest BCUT2D eigenvalue weighted by Crippen LogP contribution is 2.30. The molecule has 3 rings (SSSR count). The van der Waals surface area contributed by atoms with E-state index >= 15 is 0 Å². The highest BCUT2D eigenvalue weighted by molar-refractivity contribution is 5.93. The summed E-state index contributed by atoms with van der Waals surface area (Å²) >= 11 is 0. The highest BCUT2D eigenvalue weighted by atomic mass is 16.4. The monoisotopic (exact) mass is 492 g/mol. The van der Waals surface area contributed by atoms with E-state index in [2.05, 4.69) is 10.3 Å². The minimum Gasteiger partial charge on any atom is -0.505 e. The van der Waals surface area contributed by atoms with Gasteiger partial charge in [0.05, 0.1) is 12.5 Å². The van der Waals surface area contributed by atoms with E-state index in [1.54, 1.807) is 6.20 Å². The lowest BCUT2D eigenvalue weighted by Gasteiger charge is -2.28. The Bertz CT molecular complexity index is 1310. The summed E-state index contributed by atoms with van der Waals surface area (Å²) in [5.74, 6) is -1.47. The maximum absolute atomic E-state index is 13.5. The zero-order valence-corrected chi connectivity index (χ0v) is 21.1. The quantitative estimate of drug-likeness (QED) is 0.434. The molecular formula is C27H32N4O5. The van der Waals surface area contributed by atoms with Crippen LogP contribution in [0, 0.1) is 19.8 Å². The van der Waals surface area contributed by atoms with Crippen LogP contribution in [0.5, 0.6) is 5.75 Å². The summed E-state index contributed by atoms with van der Waals surface area (Å²) in [7, 11) is 1.52. The third-order valence-electron chi connectivity index (χ3n) is 5.89. The zero-order valence-electron chi connectivity index (χ0n) is 21.1. The molecule has 3 aromatic rings. The minimum atomic E-state index is -1.10. The van der Waals surface area contributed by atoms with Crippen LogP contribution < -0.4 is 15.8 Å². The van der Waals surface area contributed by atoms with Crippen molar-refractivity contribution in [1.82, 2.24) is 14.9 Å². The number of aromatic hydroxyl groups is 1. The van der Waals surface area contributed by atoms with Crippen LogP contribution in [0.3, 0.4) is 0 Å². The number of benzene rings is 1. The standard InChI is InChI=1S/C27H32N4O5/c1-16(2)15-31(25-22(32)9-10-30(5)26(25)35)27(36)29-21(12-23(33)34)19-11-20(14-28-13-19)24-17(3)7-6-8-18(24)4/h6-11,13-14,16,21,32H,12,15H2,1-5H3,(H,29,36)(H,33,34)/t21-/m1/s1. The van der Waals surface area contributed by atoms with Crippen LogP contribution in [0.2, 0.25) is 0 Å². The van der Waals surface area contributed by atoms with E-state index < -0.39 is 30.0 Å². The third kappa shape index (κ3) is 5.91. The fourth-order valence-corrected chi connectivity index (χ4v) is 4.21. The van der Waals surface area contributed by atoms with Gasteiger partial charge in [0.2, 0.25) is 0 Å². The summed E-state index contributed by atoms with van der Waals surface area (Å²) in [6, 6.07) is 7.49. The number of carboxylic acids is 1. The normalized spacial score (nSPS) is 11.8. The molecule has 2 amide bonds. The van der Waals surface area contributed by atoms with E-state index in [9.17, 15) is 24.6 Å². The van der Waals surface area contributed by atoms with Crippen molar-refractivity contribution in [3.05, 3.63) is 76.0 Å². The van der Waals surface area contributed by atoms with Crippen molar-refractivity contribution in [1.29, 1.82) is 0 Å². The molecule has 0 aliphatic heterocycles. The van der Waals surface area contributed by atoms with Crippen molar-refractivity contribution in [2.75, 3.05) is 11.4 Å². The Labute approximate surface area is 210 Å². The SMILES string of the molecule is Cc1cccc(C)c1-c1cncc([C@@H](CC(=O)O)NC(=O)N(CC(C)C)c2c(O)ccn(C)c2=O)c1. The smallest absolute Gasteiger partial charge is 0.322 e. The molecule has 0 fully saturated rings. The number of nitrogens with one attached hydrogen (secondary N) is 1. The van der Waals surface area contributed by atoms with Gasteiger partial charge in [0.15, 0.2) is 5.69 Å². The first kappa shape index (κ1) is 26.5. The number of rotatable bonds is 8. The number of aliphatic carboxylic acids is 1. The lowest BCUT2D eigenvalue weighted by molar-refractivity contribution is -0.137. The second-order valence-corrected chi connectivity index (χ2v) is 9.34. The number of hydrogen-bond donors (Lipinski definition) is 3. The fraction of sp³-hybridized carbons (Fsp3) is 0.333. The van der Waals surface area contributed by atoms with Gasteiger partial charge < -0.3 is 20.1 Å². The van der Waals surface area contributed by atoms with E-state index in [0.29, 0.717) is 5.56 Å². The molecule has 9 heteroatoms. The largest absolute Gasteiger partial charge is 0.505 e. The number of amides is 2. The van der Waals surface area contributed by atoms with E-state index in [1.165, 1.54) is 35.0 Å². The van der Waals surface area contributed by atoms with Crippen molar-refractivity contribution in [2.45, 2.75) is 40.2 Å². The molecule has 1 atom stereocenters. The lowest BCUT2D eigenvalue weighted by atomic mass is 9.94. The Morgan fingerprint density at radius 1 is 1.14 bits per heavy atom. The van der Waals surface area contributed by atoms with Gasteiger partial charge >= 0.3 is 12.0 Å². The number of urea groups is 1. The predicted octanol–water partition coefficient (Wildman–Crippen LogP) is 4.16. The van der Waals surface area contributed by atoms with Crippen LogP contribution in [0.1, 0.15) is 43.0 Å². The van der Waals surface area contributed by atoms with Gasteiger partial charge in [0.25, 0.3) is 5.56 Å². The van der Waals surface area contributed by atoms with Gasteiger partial charge in [-0.2, -0.15) is 0 Å². The van der Waals surface area contributed by atoms with Gasteiger partial charge in [-0.1, -0.05) is 32.0 Å². The molecule has 0 saturated carbocycles. The first-order chi connectivity index (χ1) is 17.0. The second kappa shape index (κ2) is 11.1. The molecule has 2 heterocycles. The van der Waals surface area contributed by atoms with Crippen molar-refractivity contribution in [2.24, 2.45) is 13.0 Å². The fourth-order valence-electron chi connectivity index (χ4n) is 4.21. The molecule has 0 spiro atoms. The molecule has 9 nitrogen and oxygen atoms in total. The molecule has 2 aromatic heterocycles. The summed E-state index contributed by atoms with van der Waals surface area (Å²) in [5.41, 5.74) is 3.70. The summed E-state index contributed by atoms with van der Waals surface area (Å²) < 4.78 is 1.27. The molecule has 0 radical (unpaired) electrons. The molecule has 36 heavy (non-hydrogen) atoms. The van der Waals surface area contributed by atoms with Gasteiger partial charge in [-0.25, -0.2) is 4.79 Å². The summed E-state index contributed by atoms with van der Waals surface area (Å²) in [5, 5.41) is 22.8. The van der Waals surface area contributed by atoms with Crippen LogP contribution in [0.25, 0.3) is 11.1 Å². The molecule has 0 aliphatic rings. The molecule has 0 saturated heterocycles. The number of carbonyl (C=O) groups excluding carboxylic acids is 1. The van der Waals surface area contributed by atoms with Gasteiger partial charge in [0, 0.05) is 37.7 Å². The molecule has 190 valence electrons. The number of carbonyl (C=O) groups is 2. The summed E-state index contributed by atoms with van der Waals surface area (Å²) in [6.45, 7) is 7.86. The highest BCUT2D eigenvalue weighted by Gasteiger charge is 2.27.